The number of Topliss-reactive ketones (excluding diaryl/α,β-unsaturated/α-hetero) is 1. The summed E-state index contributed by atoms with van der Waals surface area (Å²) in [5, 5.41) is 3.22. The molecule has 0 aliphatic carbocycles. The van der Waals surface area contributed by atoms with Gasteiger partial charge in [-0.3, -0.25) is 4.79 Å². The standard InChI is InChI=1S/C14H14F3N3O4S/c1-8(2)20-25(22,23)7-11(21)9-3-5-10(6-4-9)12-18-13(24-19-12)14(15,16)17/h3-6,8,20H,7H2,1-2H3. The molecule has 0 atom stereocenters. The van der Waals surface area contributed by atoms with Crippen LogP contribution in [0.4, 0.5) is 13.2 Å². The second kappa shape index (κ2) is 6.92. The monoisotopic (exact) mass is 377 g/mol. The number of hydrogen-bond acceptors (Lipinski definition) is 6. The van der Waals surface area contributed by atoms with Gasteiger partial charge in [0, 0.05) is 17.2 Å². The lowest BCUT2D eigenvalue weighted by molar-refractivity contribution is -0.159. The topological polar surface area (TPSA) is 102 Å². The number of benzene rings is 1. The maximum atomic E-state index is 12.4. The van der Waals surface area contributed by atoms with Gasteiger partial charge >= 0.3 is 12.1 Å². The molecular formula is C14H14F3N3O4S. The van der Waals surface area contributed by atoms with Crippen LogP contribution in [0.5, 0.6) is 0 Å². The van der Waals surface area contributed by atoms with Crippen molar-refractivity contribution >= 4 is 15.8 Å². The summed E-state index contributed by atoms with van der Waals surface area (Å²) in [5.41, 5.74) is 0.288. The number of halogens is 3. The van der Waals surface area contributed by atoms with Crippen LogP contribution in [0.15, 0.2) is 28.8 Å². The number of nitrogens with one attached hydrogen (secondary N) is 1. The molecule has 11 heteroatoms. The molecular weight excluding hydrogens is 363 g/mol. The van der Waals surface area contributed by atoms with Gasteiger partial charge in [-0.05, 0) is 13.8 Å². The summed E-state index contributed by atoms with van der Waals surface area (Å²) >= 11 is 0. The molecule has 2 rings (SSSR count). The zero-order valence-electron chi connectivity index (χ0n) is 13.2. The SMILES string of the molecule is CC(C)NS(=O)(=O)CC(=O)c1ccc(-c2noc(C(F)(F)F)n2)cc1. The first-order chi connectivity index (χ1) is 11.5. The molecule has 7 nitrogen and oxygen atoms in total. The summed E-state index contributed by atoms with van der Waals surface area (Å²) in [6, 6.07) is 4.83. The molecule has 0 aliphatic rings. The summed E-state index contributed by atoms with van der Waals surface area (Å²) in [7, 11) is -3.77. The molecule has 2 aromatic rings. The number of carbonyl (C=O) groups is 1. The Morgan fingerprint density at radius 2 is 1.84 bits per heavy atom. The van der Waals surface area contributed by atoms with Crippen LogP contribution in [-0.2, 0) is 16.2 Å². The van der Waals surface area contributed by atoms with E-state index in [1.807, 2.05) is 0 Å². The number of aromatic nitrogens is 2. The Bertz CT molecular complexity index is 858. The van der Waals surface area contributed by atoms with E-state index in [-0.39, 0.29) is 23.0 Å². The van der Waals surface area contributed by atoms with Crippen molar-refractivity contribution in [2.75, 3.05) is 5.75 Å². The number of nitrogens with zero attached hydrogens (tertiary/aromatic N) is 2. The van der Waals surface area contributed by atoms with Gasteiger partial charge in [-0.1, -0.05) is 29.4 Å². The molecule has 1 N–H and O–H groups in total. The lowest BCUT2D eigenvalue weighted by Crippen LogP contribution is -2.34. The van der Waals surface area contributed by atoms with Gasteiger partial charge < -0.3 is 4.52 Å². The minimum Gasteiger partial charge on any atom is -0.329 e. The van der Waals surface area contributed by atoms with Gasteiger partial charge in [0.2, 0.25) is 15.8 Å². The second-order valence-electron chi connectivity index (χ2n) is 5.45. The van der Waals surface area contributed by atoms with Crippen molar-refractivity contribution in [2.45, 2.75) is 26.1 Å². The third-order valence-corrected chi connectivity index (χ3v) is 4.34. The van der Waals surface area contributed by atoms with E-state index in [9.17, 15) is 26.4 Å². The minimum absolute atomic E-state index is 0.0948. The van der Waals surface area contributed by atoms with Crippen molar-refractivity contribution in [3.63, 3.8) is 0 Å². The largest absolute Gasteiger partial charge is 0.471 e. The van der Waals surface area contributed by atoms with Crippen LogP contribution in [0, 0.1) is 0 Å². The van der Waals surface area contributed by atoms with Gasteiger partial charge in [-0.15, -0.1) is 0 Å². The van der Waals surface area contributed by atoms with Crippen LogP contribution < -0.4 is 4.72 Å². The van der Waals surface area contributed by atoms with E-state index in [4.69, 9.17) is 0 Å². The molecule has 0 unspecified atom stereocenters. The molecule has 0 amide bonds. The fourth-order valence-corrected chi connectivity index (χ4v) is 3.23. The molecule has 1 heterocycles. The van der Waals surface area contributed by atoms with Crippen molar-refractivity contribution in [1.29, 1.82) is 0 Å². The van der Waals surface area contributed by atoms with Gasteiger partial charge in [-0.2, -0.15) is 18.2 Å². The van der Waals surface area contributed by atoms with Crippen LogP contribution in [0.2, 0.25) is 0 Å². The summed E-state index contributed by atoms with van der Waals surface area (Å²) in [6.45, 7) is 3.24. The number of ketones is 1. The van der Waals surface area contributed by atoms with Gasteiger partial charge in [0.15, 0.2) is 5.78 Å². The predicted octanol–water partition coefficient (Wildman–Crippen LogP) is 2.27. The third kappa shape index (κ3) is 5.10. The highest BCUT2D eigenvalue weighted by Crippen LogP contribution is 2.29. The fourth-order valence-electron chi connectivity index (χ4n) is 1.92. The number of hydrogen-bond donors (Lipinski definition) is 1. The Morgan fingerprint density at radius 3 is 2.32 bits per heavy atom. The molecule has 0 saturated heterocycles. The number of sulfonamides is 1. The van der Waals surface area contributed by atoms with Gasteiger partial charge in [0.1, 0.15) is 5.75 Å². The molecule has 0 aliphatic heterocycles. The molecule has 136 valence electrons. The summed E-state index contributed by atoms with van der Waals surface area (Å²) in [6.07, 6.45) is -4.75. The number of rotatable bonds is 6. The number of alkyl halides is 3. The Balaban J connectivity index is 2.14. The summed E-state index contributed by atoms with van der Waals surface area (Å²) < 4.78 is 67.2. The van der Waals surface area contributed by atoms with Crippen molar-refractivity contribution in [2.24, 2.45) is 0 Å². The average Bonchev–Trinajstić information content (AvgIpc) is 2.95. The van der Waals surface area contributed by atoms with Crippen LogP contribution >= 0.6 is 0 Å². The van der Waals surface area contributed by atoms with Gasteiger partial charge in [0.25, 0.3) is 0 Å². The summed E-state index contributed by atoms with van der Waals surface area (Å²) in [5.74, 6) is -3.15. The Hall–Kier alpha value is -2.27. The maximum Gasteiger partial charge on any atom is 0.471 e. The van der Waals surface area contributed by atoms with Gasteiger partial charge in [-0.25, -0.2) is 13.1 Å². The third-order valence-electron chi connectivity index (χ3n) is 2.87. The lowest BCUT2D eigenvalue weighted by atomic mass is 10.1. The van der Waals surface area contributed by atoms with E-state index in [0.29, 0.717) is 0 Å². The highest BCUT2D eigenvalue weighted by molar-refractivity contribution is 7.90. The van der Waals surface area contributed by atoms with E-state index < -0.39 is 33.6 Å². The Kier molecular flexibility index (Phi) is 5.28. The smallest absolute Gasteiger partial charge is 0.329 e. The van der Waals surface area contributed by atoms with Crippen LogP contribution in [-0.4, -0.2) is 36.1 Å². The first-order valence-electron chi connectivity index (χ1n) is 7.02. The first-order valence-corrected chi connectivity index (χ1v) is 8.68. The normalized spacial score (nSPS) is 12.6. The molecule has 0 bridgehead atoms. The van der Waals surface area contributed by atoms with E-state index in [2.05, 4.69) is 19.4 Å². The first kappa shape index (κ1) is 19.1. The molecule has 0 radical (unpaired) electrons. The quantitative estimate of drug-likeness (QED) is 0.775. The van der Waals surface area contributed by atoms with Gasteiger partial charge in [0.05, 0.1) is 0 Å². The molecule has 0 fully saturated rings. The lowest BCUT2D eigenvalue weighted by Gasteiger charge is -2.08. The minimum atomic E-state index is -4.75. The maximum absolute atomic E-state index is 12.4. The predicted molar refractivity (Wildman–Crippen MR) is 81.1 cm³/mol. The van der Waals surface area contributed by atoms with E-state index in [1.165, 1.54) is 24.3 Å². The van der Waals surface area contributed by atoms with Crippen LogP contribution in [0.1, 0.15) is 30.1 Å². The molecule has 0 saturated carbocycles. The van der Waals surface area contributed by atoms with E-state index in [0.717, 1.165) is 0 Å². The van der Waals surface area contributed by atoms with Crippen LogP contribution in [0.3, 0.4) is 0 Å². The molecule has 1 aromatic carbocycles. The molecule has 1 aromatic heterocycles. The highest BCUT2D eigenvalue weighted by Gasteiger charge is 2.38. The van der Waals surface area contributed by atoms with Crippen LogP contribution in [0.25, 0.3) is 11.4 Å². The van der Waals surface area contributed by atoms with Crippen molar-refractivity contribution in [3.8, 4) is 11.4 Å². The van der Waals surface area contributed by atoms with Crippen molar-refractivity contribution < 1.29 is 30.9 Å². The zero-order valence-corrected chi connectivity index (χ0v) is 14.0. The molecule has 0 spiro atoms. The summed E-state index contributed by atoms with van der Waals surface area (Å²) in [4.78, 5) is 15.2. The molecule has 25 heavy (non-hydrogen) atoms. The average molecular weight is 377 g/mol. The number of carbonyl (C=O) groups excluding carboxylic acids is 1. The van der Waals surface area contributed by atoms with E-state index in [1.54, 1.807) is 13.8 Å². The second-order valence-corrected chi connectivity index (χ2v) is 7.21. The Labute approximate surface area is 141 Å². The fraction of sp³-hybridized carbons (Fsp3) is 0.357. The highest BCUT2D eigenvalue weighted by atomic mass is 32.2. The van der Waals surface area contributed by atoms with Crippen molar-refractivity contribution in [3.05, 3.63) is 35.7 Å². The van der Waals surface area contributed by atoms with E-state index >= 15 is 0 Å². The van der Waals surface area contributed by atoms with Crippen molar-refractivity contribution in [1.82, 2.24) is 14.9 Å². The Morgan fingerprint density at radius 1 is 1.24 bits per heavy atom. The zero-order chi connectivity index (χ0) is 18.8.